The van der Waals surface area contributed by atoms with Crippen LogP contribution in [0.25, 0.3) is 0 Å². The van der Waals surface area contributed by atoms with E-state index >= 15 is 0 Å². The van der Waals surface area contributed by atoms with Gasteiger partial charge >= 0.3 is 0 Å². The Bertz CT molecular complexity index is 496. The Morgan fingerprint density at radius 1 is 1.32 bits per heavy atom. The number of benzene rings is 1. The number of aromatic nitrogens is 1. The van der Waals surface area contributed by atoms with E-state index in [0.29, 0.717) is 12.0 Å². The Kier molecular flexibility index (Phi) is 3.95. The van der Waals surface area contributed by atoms with Crippen molar-refractivity contribution < 1.29 is 0 Å². The summed E-state index contributed by atoms with van der Waals surface area (Å²) in [6.07, 6.45) is 5.38. The molecule has 1 aliphatic rings. The van der Waals surface area contributed by atoms with E-state index in [0.717, 1.165) is 13.0 Å². The monoisotopic (exact) mass is 272 g/mol. The van der Waals surface area contributed by atoms with Gasteiger partial charge in [-0.05, 0) is 36.4 Å². The van der Waals surface area contributed by atoms with Crippen LogP contribution in [-0.4, -0.2) is 17.6 Å². The molecule has 2 aromatic rings. The molecule has 0 radical (unpaired) electrons. The minimum Gasteiger partial charge on any atom is -0.314 e. The van der Waals surface area contributed by atoms with Crippen LogP contribution >= 0.6 is 11.3 Å². The Morgan fingerprint density at radius 2 is 2.05 bits per heavy atom. The minimum absolute atomic E-state index is 0.545. The average Bonchev–Trinajstić information content (AvgIpc) is 3.06. The summed E-state index contributed by atoms with van der Waals surface area (Å²) in [7, 11) is 0. The molecule has 1 atom stereocenters. The maximum atomic E-state index is 4.44. The fourth-order valence-electron chi connectivity index (χ4n) is 3.09. The van der Waals surface area contributed by atoms with Gasteiger partial charge < -0.3 is 5.32 Å². The summed E-state index contributed by atoms with van der Waals surface area (Å²) in [5.41, 5.74) is 3.07. The fraction of sp³-hybridized carbons (Fsp3) is 0.438. The van der Waals surface area contributed by atoms with Crippen LogP contribution in [0.4, 0.5) is 0 Å². The van der Waals surface area contributed by atoms with E-state index in [1.165, 1.54) is 29.0 Å². The van der Waals surface area contributed by atoms with Gasteiger partial charge in [-0.1, -0.05) is 31.2 Å². The van der Waals surface area contributed by atoms with Gasteiger partial charge in [-0.3, -0.25) is 0 Å². The number of nitrogens with one attached hydrogen (secondary N) is 1. The highest BCUT2D eigenvalue weighted by Gasteiger charge is 2.28. The molecule has 0 saturated carbocycles. The number of hydrogen-bond acceptors (Lipinski definition) is 3. The molecule has 1 N–H and O–H groups in total. The Hall–Kier alpha value is -1.19. The topological polar surface area (TPSA) is 24.9 Å². The van der Waals surface area contributed by atoms with E-state index < -0.39 is 0 Å². The van der Waals surface area contributed by atoms with Crippen molar-refractivity contribution in [2.24, 2.45) is 5.92 Å². The van der Waals surface area contributed by atoms with Gasteiger partial charge in [0.1, 0.15) is 0 Å². The predicted octanol–water partition coefficient (Wildman–Crippen LogP) is 3.08. The summed E-state index contributed by atoms with van der Waals surface area (Å²) < 4.78 is 0. The molecule has 3 rings (SSSR count). The number of fused-ring (bicyclic) bond motifs is 1. The van der Waals surface area contributed by atoms with Crippen LogP contribution in [0.5, 0.6) is 0 Å². The van der Waals surface area contributed by atoms with Crippen molar-refractivity contribution in [1.29, 1.82) is 0 Å². The standard InChI is InChI=1S/C16H20N2S/c1-2-17-15(11-16-18-7-8-19-16)14-9-12-5-3-4-6-13(12)10-14/h3-8,14-15,17H,2,9-11H2,1H3. The maximum absolute atomic E-state index is 4.44. The lowest BCUT2D eigenvalue weighted by molar-refractivity contribution is 0.367. The van der Waals surface area contributed by atoms with Crippen molar-refractivity contribution in [3.63, 3.8) is 0 Å². The van der Waals surface area contributed by atoms with Crippen molar-refractivity contribution in [2.45, 2.75) is 32.2 Å². The average molecular weight is 272 g/mol. The van der Waals surface area contributed by atoms with E-state index in [1.54, 1.807) is 11.3 Å². The maximum Gasteiger partial charge on any atom is 0.0940 e. The predicted molar refractivity (Wildman–Crippen MR) is 80.6 cm³/mol. The smallest absolute Gasteiger partial charge is 0.0940 e. The molecule has 0 spiro atoms. The van der Waals surface area contributed by atoms with Gasteiger partial charge in [0.25, 0.3) is 0 Å². The molecule has 0 fully saturated rings. The molecule has 1 aromatic heterocycles. The molecule has 0 amide bonds. The summed E-state index contributed by atoms with van der Waals surface area (Å²) in [5, 5.41) is 6.99. The molecule has 1 aromatic carbocycles. The lowest BCUT2D eigenvalue weighted by Crippen LogP contribution is -2.38. The zero-order chi connectivity index (χ0) is 13.1. The van der Waals surface area contributed by atoms with E-state index in [4.69, 9.17) is 0 Å². The first-order chi connectivity index (χ1) is 9.36. The molecule has 100 valence electrons. The highest BCUT2D eigenvalue weighted by Crippen LogP contribution is 2.30. The molecular formula is C16H20N2S. The Labute approximate surface area is 118 Å². The second-order valence-corrected chi connectivity index (χ2v) is 6.21. The molecule has 0 saturated heterocycles. The van der Waals surface area contributed by atoms with Crippen LogP contribution < -0.4 is 5.32 Å². The third-order valence-electron chi connectivity index (χ3n) is 4.00. The second-order valence-electron chi connectivity index (χ2n) is 5.23. The second kappa shape index (κ2) is 5.85. The zero-order valence-corrected chi connectivity index (χ0v) is 12.1. The molecule has 3 heteroatoms. The summed E-state index contributed by atoms with van der Waals surface area (Å²) in [4.78, 5) is 4.44. The van der Waals surface area contributed by atoms with E-state index in [1.807, 2.05) is 6.20 Å². The van der Waals surface area contributed by atoms with Crippen molar-refractivity contribution in [1.82, 2.24) is 10.3 Å². The third kappa shape index (κ3) is 2.88. The summed E-state index contributed by atoms with van der Waals surface area (Å²) >= 11 is 1.77. The van der Waals surface area contributed by atoms with Crippen LogP contribution in [-0.2, 0) is 19.3 Å². The number of nitrogens with zero attached hydrogens (tertiary/aromatic N) is 1. The minimum atomic E-state index is 0.545. The Balaban J connectivity index is 1.72. The van der Waals surface area contributed by atoms with Crippen molar-refractivity contribution >= 4 is 11.3 Å². The normalized spacial score (nSPS) is 16.5. The summed E-state index contributed by atoms with van der Waals surface area (Å²) in [6, 6.07) is 9.42. The van der Waals surface area contributed by atoms with E-state index in [2.05, 4.69) is 46.9 Å². The number of rotatable bonds is 5. The molecule has 1 aliphatic carbocycles. The molecule has 0 bridgehead atoms. The summed E-state index contributed by atoms with van der Waals surface area (Å²) in [5.74, 6) is 0.709. The van der Waals surface area contributed by atoms with E-state index in [9.17, 15) is 0 Å². The summed E-state index contributed by atoms with van der Waals surface area (Å²) in [6.45, 7) is 3.22. The van der Waals surface area contributed by atoms with Gasteiger partial charge in [0, 0.05) is 24.0 Å². The number of hydrogen-bond donors (Lipinski definition) is 1. The van der Waals surface area contributed by atoms with Gasteiger partial charge in [-0.15, -0.1) is 11.3 Å². The van der Waals surface area contributed by atoms with Crippen molar-refractivity contribution in [3.8, 4) is 0 Å². The van der Waals surface area contributed by atoms with Gasteiger partial charge in [-0.2, -0.15) is 0 Å². The number of likely N-dealkylation sites (N-methyl/N-ethyl adjacent to an activating group) is 1. The zero-order valence-electron chi connectivity index (χ0n) is 11.3. The van der Waals surface area contributed by atoms with Crippen molar-refractivity contribution in [3.05, 3.63) is 52.0 Å². The molecule has 1 unspecified atom stereocenters. The van der Waals surface area contributed by atoms with Crippen LogP contribution in [0, 0.1) is 5.92 Å². The van der Waals surface area contributed by atoms with Gasteiger partial charge in [0.2, 0.25) is 0 Å². The Morgan fingerprint density at radius 3 is 2.63 bits per heavy atom. The lowest BCUT2D eigenvalue weighted by Gasteiger charge is -2.23. The first-order valence-electron chi connectivity index (χ1n) is 7.05. The van der Waals surface area contributed by atoms with E-state index in [-0.39, 0.29) is 0 Å². The van der Waals surface area contributed by atoms with Crippen LogP contribution in [0.15, 0.2) is 35.8 Å². The highest BCUT2D eigenvalue weighted by molar-refractivity contribution is 7.09. The van der Waals surface area contributed by atoms with Gasteiger partial charge in [0.15, 0.2) is 0 Å². The van der Waals surface area contributed by atoms with Gasteiger partial charge in [-0.25, -0.2) is 4.98 Å². The molecule has 1 heterocycles. The van der Waals surface area contributed by atoms with Gasteiger partial charge in [0.05, 0.1) is 5.01 Å². The van der Waals surface area contributed by atoms with Crippen LogP contribution in [0.2, 0.25) is 0 Å². The molecular weight excluding hydrogens is 252 g/mol. The first-order valence-corrected chi connectivity index (χ1v) is 7.93. The number of thiazole rings is 1. The lowest BCUT2D eigenvalue weighted by atomic mass is 9.94. The molecule has 19 heavy (non-hydrogen) atoms. The highest BCUT2D eigenvalue weighted by atomic mass is 32.1. The largest absolute Gasteiger partial charge is 0.314 e. The quantitative estimate of drug-likeness (QED) is 0.905. The molecule has 2 nitrogen and oxygen atoms in total. The molecule has 0 aliphatic heterocycles. The van der Waals surface area contributed by atoms with Crippen molar-refractivity contribution in [2.75, 3.05) is 6.54 Å². The van der Waals surface area contributed by atoms with Crippen LogP contribution in [0.1, 0.15) is 23.1 Å². The fourth-order valence-corrected chi connectivity index (χ4v) is 3.76. The SMILES string of the molecule is CCNC(Cc1nccs1)C1Cc2ccccc2C1. The first kappa shape index (κ1) is 12.8. The third-order valence-corrected chi connectivity index (χ3v) is 4.80. The van der Waals surface area contributed by atoms with Crippen LogP contribution in [0.3, 0.4) is 0 Å².